The van der Waals surface area contributed by atoms with Crippen LogP contribution in [0.1, 0.15) is 53.4 Å². The zero-order chi connectivity index (χ0) is 17.8. The van der Waals surface area contributed by atoms with Gasteiger partial charge in [-0.2, -0.15) is 0 Å². The number of nitrogens with zero attached hydrogens (tertiary/aromatic N) is 1. The first-order valence-electron chi connectivity index (χ1n) is 9.59. The van der Waals surface area contributed by atoms with E-state index in [4.69, 9.17) is 14.0 Å². The number of ether oxygens (including phenoxy) is 1. The number of hydrogen-bond acceptors (Lipinski definition) is 4. The molecule has 5 heteroatoms. The van der Waals surface area contributed by atoms with Crippen LogP contribution >= 0.6 is 0 Å². The number of fused-ring (bicyclic) bond motifs is 2. The SMILES string of the molecule is CN1[C@@H]2CC[C@H]1CC(Oc1ccc(B3OC(C)(C)C(C)(C)O3)cc1)C2. The number of rotatable bonds is 3. The van der Waals surface area contributed by atoms with Gasteiger partial charge in [0, 0.05) is 12.1 Å². The van der Waals surface area contributed by atoms with Gasteiger partial charge in [0.1, 0.15) is 11.9 Å². The normalized spacial score (nSPS) is 33.6. The van der Waals surface area contributed by atoms with E-state index >= 15 is 0 Å². The molecule has 1 aromatic rings. The summed E-state index contributed by atoms with van der Waals surface area (Å²) >= 11 is 0. The van der Waals surface area contributed by atoms with Crippen LogP contribution in [0.5, 0.6) is 5.75 Å². The molecule has 3 saturated heterocycles. The fourth-order valence-electron chi connectivity index (χ4n) is 4.33. The summed E-state index contributed by atoms with van der Waals surface area (Å²) in [7, 11) is 1.95. The van der Waals surface area contributed by atoms with E-state index in [1.807, 2.05) is 0 Å². The van der Waals surface area contributed by atoms with Crippen LogP contribution in [-0.4, -0.2) is 48.5 Å². The number of piperidine rings is 1. The van der Waals surface area contributed by atoms with Gasteiger partial charge in [0.25, 0.3) is 0 Å². The third kappa shape index (κ3) is 3.11. The molecule has 0 amide bonds. The van der Waals surface area contributed by atoms with Gasteiger partial charge in [-0.15, -0.1) is 0 Å². The van der Waals surface area contributed by atoms with Gasteiger partial charge in [0.2, 0.25) is 0 Å². The fourth-order valence-corrected chi connectivity index (χ4v) is 4.33. The zero-order valence-electron chi connectivity index (χ0n) is 16.1. The van der Waals surface area contributed by atoms with Crippen molar-refractivity contribution in [3.8, 4) is 5.75 Å². The highest BCUT2D eigenvalue weighted by Gasteiger charge is 2.51. The summed E-state index contributed by atoms with van der Waals surface area (Å²) in [6.07, 6.45) is 5.28. The second kappa shape index (κ2) is 6.00. The predicted molar refractivity (Wildman–Crippen MR) is 100 cm³/mol. The molecule has 1 aromatic carbocycles. The van der Waals surface area contributed by atoms with Crippen molar-refractivity contribution >= 4 is 12.6 Å². The van der Waals surface area contributed by atoms with E-state index in [1.165, 1.54) is 12.8 Å². The van der Waals surface area contributed by atoms with E-state index in [-0.39, 0.29) is 18.3 Å². The van der Waals surface area contributed by atoms with Gasteiger partial charge in [-0.05, 0) is 78.0 Å². The van der Waals surface area contributed by atoms with Gasteiger partial charge in [-0.3, -0.25) is 0 Å². The first-order valence-corrected chi connectivity index (χ1v) is 9.59. The van der Waals surface area contributed by atoms with Crippen molar-refractivity contribution in [2.45, 2.75) is 82.8 Å². The van der Waals surface area contributed by atoms with E-state index in [0.29, 0.717) is 18.2 Å². The molecule has 3 fully saturated rings. The third-order valence-electron chi connectivity index (χ3n) is 6.76. The van der Waals surface area contributed by atoms with E-state index in [2.05, 4.69) is 63.9 Å². The van der Waals surface area contributed by atoms with Gasteiger partial charge < -0.3 is 18.9 Å². The first kappa shape index (κ1) is 17.4. The Labute approximate surface area is 152 Å². The molecule has 0 aromatic heterocycles. The molecular formula is C20H30BNO3. The fraction of sp³-hybridized carbons (Fsp3) is 0.700. The predicted octanol–water partition coefficient (Wildman–Crippen LogP) is 2.99. The molecule has 2 bridgehead atoms. The molecule has 0 spiro atoms. The maximum Gasteiger partial charge on any atom is 0.494 e. The standard InChI is InChI=1S/C20H30BNO3/c1-19(2)20(3,4)25-21(24-19)14-6-10-17(11-7-14)23-18-12-15-8-9-16(13-18)22(15)5/h6-7,10-11,15-16,18H,8-9,12-13H2,1-5H3/t15-,16+,18?. The van der Waals surface area contributed by atoms with Crippen LogP contribution in [0, 0.1) is 0 Å². The minimum Gasteiger partial charge on any atom is -0.490 e. The highest BCUT2D eigenvalue weighted by molar-refractivity contribution is 6.62. The average molecular weight is 343 g/mol. The Morgan fingerprint density at radius 2 is 1.48 bits per heavy atom. The molecule has 3 aliphatic rings. The molecule has 0 N–H and O–H groups in total. The monoisotopic (exact) mass is 343 g/mol. The molecule has 3 heterocycles. The highest BCUT2D eigenvalue weighted by Crippen LogP contribution is 2.37. The summed E-state index contributed by atoms with van der Waals surface area (Å²) in [5.74, 6) is 0.953. The lowest BCUT2D eigenvalue weighted by atomic mass is 9.79. The molecule has 136 valence electrons. The van der Waals surface area contributed by atoms with Crippen molar-refractivity contribution in [3.63, 3.8) is 0 Å². The first-order chi connectivity index (χ1) is 11.7. The summed E-state index contributed by atoms with van der Waals surface area (Å²) in [6.45, 7) is 8.33. The van der Waals surface area contributed by atoms with E-state index in [9.17, 15) is 0 Å². The Bertz CT molecular complexity index is 600. The zero-order valence-corrected chi connectivity index (χ0v) is 16.1. The molecule has 0 aliphatic carbocycles. The van der Waals surface area contributed by atoms with Gasteiger partial charge >= 0.3 is 7.12 Å². The largest absolute Gasteiger partial charge is 0.494 e. The lowest BCUT2D eigenvalue weighted by Crippen LogP contribution is -2.43. The van der Waals surface area contributed by atoms with Crippen LogP contribution in [0.4, 0.5) is 0 Å². The molecule has 1 unspecified atom stereocenters. The van der Waals surface area contributed by atoms with Gasteiger partial charge in [-0.25, -0.2) is 0 Å². The maximum atomic E-state index is 6.28. The second-order valence-electron chi connectivity index (χ2n) is 8.92. The summed E-state index contributed by atoms with van der Waals surface area (Å²) in [4.78, 5) is 2.54. The lowest BCUT2D eigenvalue weighted by molar-refractivity contribution is 0.00578. The molecule has 0 radical (unpaired) electrons. The summed E-state index contributed by atoms with van der Waals surface area (Å²) in [5.41, 5.74) is 0.440. The quantitative estimate of drug-likeness (QED) is 0.790. The highest BCUT2D eigenvalue weighted by atomic mass is 16.7. The summed E-state index contributed by atoms with van der Waals surface area (Å²) in [5, 5.41) is 0. The number of hydrogen-bond donors (Lipinski definition) is 0. The minimum absolute atomic E-state index is 0.305. The summed E-state index contributed by atoms with van der Waals surface area (Å²) in [6, 6.07) is 9.66. The Balaban J connectivity index is 1.40. The molecule has 4 rings (SSSR count). The van der Waals surface area contributed by atoms with Crippen molar-refractivity contribution < 1.29 is 14.0 Å². The van der Waals surface area contributed by atoms with E-state index < -0.39 is 0 Å². The molecule has 3 aliphatic heterocycles. The van der Waals surface area contributed by atoms with Gasteiger partial charge in [-0.1, -0.05) is 12.1 Å². The van der Waals surface area contributed by atoms with Gasteiger partial charge in [0.15, 0.2) is 0 Å². The molecule has 3 atom stereocenters. The Morgan fingerprint density at radius 1 is 0.960 bits per heavy atom. The smallest absolute Gasteiger partial charge is 0.490 e. The topological polar surface area (TPSA) is 30.9 Å². The van der Waals surface area contributed by atoms with E-state index in [1.54, 1.807) is 0 Å². The van der Waals surface area contributed by atoms with Crippen molar-refractivity contribution in [2.75, 3.05) is 7.05 Å². The molecule has 4 nitrogen and oxygen atoms in total. The Morgan fingerprint density at radius 3 is 2.00 bits per heavy atom. The van der Waals surface area contributed by atoms with Crippen molar-refractivity contribution in [1.29, 1.82) is 0 Å². The lowest BCUT2D eigenvalue weighted by Gasteiger charge is -2.36. The molecular weight excluding hydrogens is 313 g/mol. The van der Waals surface area contributed by atoms with Crippen LogP contribution in [-0.2, 0) is 9.31 Å². The van der Waals surface area contributed by atoms with Crippen LogP contribution in [0.2, 0.25) is 0 Å². The minimum atomic E-state index is -0.307. The van der Waals surface area contributed by atoms with E-state index in [0.717, 1.165) is 24.1 Å². The number of benzene rings is 1. The Hall–Kier alpha value is -1.04. The molecule has 0 saturated carbocycles. The van der Waals surface area contributed by atoms with Crippen LogP contribution in [0.3, 0.4) is 0 Å². The summed E-state index contributed by atoms with van der Waals surface area (Å²) < 4.78 is 18.5. The Kier molecular flexibility index (Phi) is 4.17. The third-order valence-corrected chi connectivity index (χ3v) is 6.76. The van der Waals surface area contributed by atoms with Gasteiger partial charge in [0.05, 0.1) is 11.2 Å². The van der Waals surface area contributed by atoms with Crippen LogP contribution < -0.4 is 10.2 Å². The van der Waals surface area contributed by atoms with Crippen LogP contribution in [0.15, 0.2) is 24.3 Å². The van der Waals surface area contributed by atoms with Crippen molar-refractivity contribution in [3.05, 3.63) is 24.3 Å². The second-order valence-corrected chi connectivity index (χ2v) is 8.92. The van der Waals surface area contributed by atoms with Crippen molar-refractivity contribution in [1.82, 2.24) is 4.90 Å². The average Bonchev–Trinajstić information content (AvgIpc) is 2.88. The van der Waals surface area contributed by atoms with Crippen molar-refractivity contribution in [2.24, 2.45) is 0 Å². The molecule has 25 heavy (non-hydrogen) atoms. The van der Waals surface area contributed by atoms with Crippen LogP contribution in [0.25, 0.3) is 0 Å². The maximum absolute atomic E-state index is 6.28.